The molecule has 0 radical (unpaired) electrons. The summed E-state index contributed by atoms with van der Waals surface area (Å²) in [5, 5.41) is 24.3. The second-order valence-corrected chi connectivity index (χ2v) is 7.30. The molecule has 0 aliphatic carbocycles. The molecule has 7 heteroatoms. The van der Waals surface area contributed by atoms with Crippen LogP contribution in [0, 0.1) is 5.92 Å². The molecule has 2 rings (SSSR count). The monoisotopic (exact) mass is 398 g/mol. The van der Waals surface area contributed by atoms with Gasteiger partial charge in [-0.2, -0.15) is 0 Å². The van der Waals surface area contributed by atoms with Crippen molar-refractivity contribution in [3.8, 4) is 0 Å². The minimum absolute atomic E-state index is 0.109. The molecule has 4 N–H and O–H groups in total. The molecule has 2 aromatic carbocycles. The molecule has 0 aliphatic heterocycles. The molecular formula is C22H26N2O5. The van der Waals surface area contributed by atoms with E-state index < -0.39 is 24.0 Å². The third-order valence-electron chi connectivity index (χ3n) is 4.39. The van der Waals surface area contributed by atoms with E-state index in [1.54, 1.807) is 36.4 Å². The van der Waals surface area contributed by atoms with E-state index in [9.17, 15) is 24.6 Å². The predicted octanol–water partition coefficient (Wildman–Crippen LogP) is 3.02. The van der Waals surface area contributed by atoms with Crippen LogP contribution in [0.4, 0.5) is 5.69 Å². The van der Waals surface area contributed by atoms with Crippen molar-refractivity contribution in [3.63, 3.8) is 0 Å². The number of rotatable bonds is 10. The number of benzene rings is 2. The Bertz CT molecular complexity index is 834. The molecule has 0 aliphatic rings. The van der Waals surface area contributed by atoms with Crippen molar-refractivity contribution in [2.45, 2.75) is 38.8 Å². The van der Waals surface area contributed by atoms with E-state index in [0.717, 1.165) is 0 Å². The van der Waals surface area contributed by atoms with Crippen LogP contribution >= 0.6 is 0 Å². The summed E-state index contributed by atoms with van der Waals surface area (Å²) in [6.45, 7) is 3.76. The molecule has 2 aromatic rings. The first-order valence-electron chi connectivity index (χ1n) is 9.43. The van der Waals surface area contributed by atoms with E-state index in [-0.39, 0.29) is 18.2 Å². The van der Waals surface area contributed by atoms with Gasteiger partial charge in [-0.1, -0.05) is 44.2 Å². The van der Waals surface area contributed by atoms with Gasteiger partial charge in [0.05, 0.1) is 0 Å². The topological polar surface area (TPSA) is 116 Å². The lowest BCUT2D eigenvalue weighted by atomic mass is 10.00. The van der Waals surface area contributed by atoms with Gasteiger partial charge in [0, 0.05) is 11.3 Å². The van der Waals surface area contributed by atoms with Crippen molar-refractivity contribution in [1.29, 1.82) is 0 Å². The molecular weight excluding hydrogens is 372 g/mol. The Morgan fingerprint density at radius 1 is 0.862 bits per heavy atom. The van der Waals surface area contributed by atoms with Gasteiger partial charge in [-0.15, -0.1) is 0 Å². The van der Waals surface area contributed by atoms with Crippen molar-refractivity contribution in [2.24, 2.45) is 5.92 Å². The van der Waals surface area contributed by atoms with Crippen molar-refractivity contribution in [1.82, 2.24) is 5.32 Å². The average Bonchev–Trinajstić information content (AvgIpc) is 2.67. The summed E-state index contributed by atoms with van der Waals surface area (Å²) >= 11 is 0. The summed E-state index contributed by atoms with van der Waals surface area (Å²) in [7, 11) is 0. The highest BCUT2D eigenvalue weighted by Gasteiger charge is 2.26. The van der Waals surface area contributed by atoms with E-state index in [4.69, 9.17) is 0 Å². The molecule has 0 bridgehead atoms. The standard InChI is InChI=1S/C22H26N2O5/c1-14(2)12-18(21(26)27)24-19(22(28)29)13-15-8-10-16(11-9-15)20(25)23-17-6-4-3-5-7-17/h3-11,14,18-19,24H,12-13H2,1-2H3,(H,23,25)(H,26,27)(H,28,29)/t18-,19-/m0/s1. The summed E-state index contributed by atoms with van der Waals surface area (Å²) in [4.78, 5) is 35.3. The van der Waals surface area contributed by atoms with E-state index in [1.807, 2.05) is 32.0 Å². The highest BCUT2D eigenvalue weighted by atomic mass is 16.4. The van der Waals surface area contributed by atoms with Crippen LogP contribution in [0.25, 0.3) is 0 Å². The number of aliphatic carboxylic acids is 2. The van der Waals surface area contributed by atoms with E-state index >= 15 is 0 Å². The summed E-state index contributed by atoms with van der Waals surface area (Å²) in [5.74, 6) is -2.34. The van der Waals surface area contributed by atoms with Crippen LogP contribution in [-0.2, 0) is 16.0 Å². The molecule has 0 fully saturated rings. The second-order valence-electron chi connectivity index (χ2n) is 7.30. The van der Waals surface area contributed by atoms with Crippen molar-refractivity contribution >= 4 is 23.5 Å². The molecule has 0 unspecified atom stereocenters. The molecule has 0 heterocycles. The van der Waals surface area contributed by atoms with Gasteiger partial charge in [0.15, 0.2) is 0 Å². The third kappa shape index (κ3) is 7.04. The number of carbonyl (C=O) groups excluding carboxylic acids is 1. The highest BCUT2D eigenvalue weighted by molar-refractivity contribution is 6.04. The Morgan fingerprint density at radius 3 is 1.97 bits per heavy atom. The maximum absolute atomic E-state index is 12.3. The zero-order chi connectivity index (χ0) is 21.4. The normalized spacial score (nSPS) is 12.9. The minimum Gasteiger partial charge on any atom is -0.480 e. The van der Waals surface area contributed by atoms with Gasteiger partial charge in [0.1, 0.15) is 12.1 Å². The first kappa shape index (κ1) is 22.1. The fraction of sp³-hybridized carbons (Fsp3) is 0.318. The number of carboxylic acids is 2. The number of carboxylic acid groups (broad SMARTS) is 2. The van der Waals surface area contributed by atoms with Crippen molar-refractivity contribution < 1.29 is 24.6 Å². The van der Waals surface area contributed by atoms with Crippen molar-refractivity contribution in [3.05, 3.63) is 65.7 Å². The zero-order valence-corrected chi connectivity index (χ0v) is 16.5. The van der Waals surface area contributed by atoms with Crippen LogP contribution in [0.15, 0.2) is 54.6 Å². The fourth-order valence-electron chi connectivity index (χ4n) is 2.92. The van der Waals surface area contributed by atoms with Crippen LogP contribution in [0.5, 0.6) is 0 Å². The van der Waals surface area contributed by atoms with Crippen LogP contribution in [-0.4, -0.2) is 40.1 Å². The van der Waals surface area contributed by atoms with E-state index in [0.29, 0.717) is 23.2 Å². The lowest BCUT2D eigenvalue weighted by Gasteiger charge is -2.21. The van der Waals surface area contributed by atoms with Crippen LogP contribution < -0.4 is 10.6 Å². The molecule has 1 amide bonds. The second kappa shape index (κ2) is 10.4. The molecule has 7 nitrogen and oxygen atoms in total. The number of nitrogens with one attached hydrogen (secondary N) is 2. The van der Waals surface area contributed by atoms with Gasteiger partial charge in [0.2, 0.25) is 0 Å². The quantitative estimate of drug-likeness (QED) is 0.489. The number of hydrogen-bond acceptors (Lipinski definition) is 4. The Morgan fingerprint density at radius 2 is 1.45 bits per heavy atom. The molecule has 0 saturated heterocycles. The number of carbonyl (C=O) groups is 3. The third-order valence-corrected chi connectivity index (χ3v) is 4.39. The van der Waals surface area contributed by atoms with Crippen LogP contribution in [0.2, 0.25) is 0 Å². The Kier molecular flexibility index (Phi) is 7.91. The van der Waals surface area contributed by atoms with Gasteiger partial charge in [-0.05, 0) is 48.6 Å². The molecule has 0 spiro atoms. The molecule has 154 valence electrons. The number of para-hydroxylation sites is 1. The first-order valence-corrected chi connectivity index (χ1v) is 9.43. The van der Waals surface area contributed by atoms with Crippen molar-refractivity contribution in [2.75, 3.05) is 5.32 Å². The lowest BCUT2D eigenvalue weighted by molar-refractivity contribution is -0.142. The Balaban J connectivity index is 2.04. The molecule has 0 aromatic heterocycles. The number of amides is 1. The first-order chi connectivity index (χ1) is 13.8. The number of anilines is 1. The van der Waals surface area contributed by atoms with Gasteiger partial charge >= 0.3 is 11.9 Å². The highest BCUT2D eigenvalue weighted by Crippen LogP contribution is 2.13. The van der Waals surface area contributed by atoms with Gasteiger partial charge in [-0.3, -0.25) is 19.7 Å². The SMILES string of the molecule is CC(C)C[C@H](N[C@@H](Cc1ccc(C(=O)Nc2ccccc2)cc1)C(=O)O)C(=O)O. The predicted molar refractivity (Wildman–Crippen MR) is 110 cm³/mol. The zero-order valence-electron chi connectivity index (χ0n) is 16.5. The van der Waals surface area contributed by atoms with Crippen LogP contribution in [0.3, 0.4) is 0 Å². The number of hydrogen-bond donors (Lipinski definition) is 4. The van der Waals surface area contributed by atoms with E-state index in [2.05, 4.69) is 10.6 Å². The average molecular weight is 398 g/mol. The summed E-state index contributed by atoms with van der Waals surface area (Å²) in [6.07, 6.45) is 0.440. The molecule has 2 atom stereocenters. The Labute approximate surface area is 169 Å². The Hall–Kier alpha value is -3.19. The maximum Gasteiger partial charge on any atom is 0.321 e. The maximum atomic E-state index is 12.3. The summed E-state index contributed by atoms with van der Waals surface area (Å²) < 4.78 is 0. The molecule has 0 saturated carbocycles. The lowest BCUT2D eigenvalue weighted by Crippen LogP contribution is -2.48. The largest absolute Gasteiger partial charge is 0.480 e. The van der Waals surface area contributed by atoms with Gasteiger partial charge in [0.25, 0.3) is 5.91 Å². The summed E-state index contributed by atoms with van der Waals surface area (Å²) in [6, 6.07) is 13.7. The molecule has 29 heavy (non-hydrogen) atoms. The minimum atomic E-state index is -1.12. The van der Waals surface area contributed by atoms with Gasteiger partial charge in [-0.25, -0.2) is 0 Å². The smallest absolute Gasteiger partial charge is 0.321 e. The van der Waals surface area contributed by atoms with Crippen LogP contribution in [0.1, 0.15) is 36.2 Å². The fourth-order valence-corrected chi connectivity index (χ4v) is 2.92. The van der Waals surface area contributed by atoms with Gasteiger partial charge < -0.3 is 15.5 Å². The van der Waals surface area contributed by atoms with E-state index in [1.165, 1.54) is 0 Å². The summed E-state index contributed by atoms with van der Waals surface area (Å²) in [5.41, 5.74) is 1.82.